The standard InChI is InChI=1S/C31H24O11/c1-12-7-15-22(16(32)8-12)27(37)24-25(35)14-5-6-30(24,28(15)38)10-13-9-18-23(26(36)21(13)14)17(33)11-31(42-18,29(39)40-2)19-3-4-20(34)41-19/h5-9,14,19,32,36-37H,3-4,10-11H2,1-2H3/t14-,19+,30+,31-/m1/s1. The molecule has 4 atom stereocenters. The first kappa shape index (κ1) is 26.0. The van der Waals surface area contributed by atoms with Crippen LogP contribution in [0.25, 0.3) is 5.76 Å². The predicted molar refractivity (Wildman–Crippen MR) is 141 cm³/mol. The number of ether oxygens (including phenoxy) is 3. The second-order valence-electron chi connectivity index (χ2n) is 11.4. The zero-order valence-electron chi connectivity index (χ0n) is 22.5. The van der Waals surface area contributed by atoms with E-state index in [-0.39, 0.29) is 64.2 Å². The van der Waals surface area contributed by atoms with E-state index in [0.717, 1.165) is 7.11 Å². The van der Waals surface area contributed by atoms with Crippen molar-refractivity contribution in [2.75, 3.05) is 7.11 Å². The van der Waals surface area contributed by atoms with Crippen molar-refractivity contribution in [3.05, 3.63) is 69.3 Å². The molecule has 1 fully saturated rings. The summed E-state index contributed by atoms with van der Waals surface area (Å²) >= 11 is 0. The molecule has 2 heterocycles. The van der Waals surface area contributed by atoms with E-state index in [1.165, 1.54) is 30.4 Å². The molecule has 6 aliphatic rings. The van der Waals surface area contributed by atoms with Crippen LogP contribution in [0, 0.1) is 12.3 Å². The molecule has 0 amide bonds. The minimum Gasteiger partial charge on any atom is -0.507 e. The minimum absolute atomic E-state index is 0.0124. The van der Waals surface area contributed by atoms with Gasteiger partial charge in [0.05, 0.1) is 36.0 Å². The van der Waals surface area contributed by atoms with Crippen LogP contribution in [0.5, 0.6) is 17.2 Å². The number of hydrogen-bond acceptors (Lipinski definition) is 11. The maximum Gasteiger partial charge on any atom is 0.354 e. The lowest BCUT2D eigenvalue weighted by Crippen LogP contribution is -2.58. The zero-order valence-corrected chi connectivity index (χ0v) is 22.5. The summed E-state index contributed by atoms with van der Waals surface area (Å²) in [4.78, 5) is 66.6. The van der Waals surface area contributed by atoms with Crippen molar-refractivity contribution in [2.24, 2.45) is 5.41 Å². The summed E-state index contributed by atoms with van der Waals surface area (Å²) in [5.74, 6) is -6.15. The average Bonchev–Trinajstić information content (AvgIpc) is 3.26. The molecule has 2 aromatic carbocycles. The number of esters is 2. The van der Waals surface area contributed by atoms with Crippen LogP contribution < -0.4 is 4.74 Å². The number of hydrogen-bond donors (Lipinski definition) is 3. The Bertz CT molecular complexity index is 1780. The maximum atomic E-state index is 14.1. The number of carbonyl (C=O) groups is 5. The van der Waals surface area contributed by atoms with Gasteiger partial charge in [-0.05, 0) is 49.1 Å². The number of benzene rings is 2. The van der Waals surface area contributed by atoms with E-state index in [1.807, 2.05) is 0 Å². The maximum absolute atomic E-state index is 14.1. The number of phenols is 2. The van der Waals surface area contributed by atoms with E-state index in [2.05, 4.69) is 0 Å². The number of aliphatic hydroxyl groups is 1. The van der Waals surface area contributed by atoms with Crippen LogP contribution in [-0.4, -0.2) is 63.4 Å². The average molecular weight is 573 g/mol. The van der Waals surface area contributed by atoms with E-state index in [1.54, 1.807) is 6.92 Å². The fourth-order valence-corrected chi connectivity index (χ4v) is 7.21. The Morgan fingerprint density at radius 1 is 1.05 bits per heavy atom. The Morgan fingerprint density at radius 2 is 1.81 bits per heavy atom. The predicted octanol–water partition coefficient (Wildman–Crippen LogP) is 2.92. The lowest BCUT2D eigenvalue weighted by molar-refractivity contribution is -0.175. The number of ketones is 3. The van der Waals surface area contributed by atoms with Gasteiger partial charge in [-0.25, -0.2) is 4.79 Å². The van der Waals surface area contributed by atoms with Crippen LogP contribution in [0.15, 0.2) is 35.9 Å². The molecule has 1 spiro atoms. The van der Waals surface area contributed by atoms with Gasteiger partial charge in [-0.15, -0.1) is 0 Å². The highest BCUT2D eigenvalue weighted by Gasteiger charge is 2.60. The molecule has 0 saturated carbocycles. The van der Waals surface area contributed by atoms with Gasteiger partial charge in [-0.1, -0.05) is 12.2 Å². The lowest BCUT2D eigenvalue weighted by Gasteiger charge is -2.39. The third kappa shape index (κ3) is 3.07. The molecule has 0 aromatic heterocycles. The highest BCUT2D eigenvalue weighted by molar-refractivity contribution is 6.23. The van der Waals surface area contributed by atoms with Crippen molar-refractivity contribution in [1.82, 2.24) is 0 Å². The normalized spacial score (nSPS) is 28.8. The smallest absolute Gasteiger partial charge is 0.354 e. The van der Waals surface area contributed by atoms with Gasteiger partial charge in [-0.3, -0.25) is 19.2 Å². The minimum atomic E-state index is -2.00. The number of methoxy groups -OCH3 is 1. The van der Waals surface area contributed by atoms with Gasteiger partial charge in [0.15, 0.2) is 23.5 Å². The topological polar surface area (TPSA) is 174 Å². The van der Waals surface area contributed by atoms with Crippen LogP contribution >= 0.6 is 0 Å². The number of aromatic hydroxyl groups is 2. The molecule has 2 aromatic rings. The molecule has 2 aliphatic heterocycles. The number of phenolic OH excluding ortho intramolecular Hbond substituents is 2. The summed E-state index contributed by atoms with van der Waals surface area (Å²) in [6.07, 6.45) is 1.20. The molecule has 8 rings (SSSR count). The Morgan fingerprint density at radius 3 is 2.50 bits per heavy atom. The molecule has 4 aliphatic carbocycles. The second kappa shape index (κ2) is 8.31. The van der Waals surface area contributed by atoms with Crippen LogP contribution in [0.1, 0.15) is 68.2 Å². The number of Topliss-reactive ketones (excluding diaryl/α,β-unsaturated/α-hetero) is 3. The monoisotopic (exact) mass is 572 g/mol. The molecular weight excluding hydrogens is 548 g/mol. The Labute approximate surface area is 238 Å². The van der Waals surface area contributed by atoms with E-state index < -0.39 is 70.3 Å². The zero-order chi connectivity index (χ0) is 29.9. The van der Waals surface area contributed by atoms with Gasteiger partial charge in [0.1, 0.15) is 28.6 Å². The number of aryl methyl sites for hydroxylation is 1. The Balaban J connectivity index is 1.43. The van der Waals surface area contributed by atoms with Crippen molar-refractivity contribution >= 4 is 35.0 Å². The van der Waals surface area contributed by atoms with E-state index in [4.69, 9.17) is 14.2 Å². The Kier molecular flexibility index (Phi) is 5.14. The fraction of sp³-hybridized carbons (Fsp3) is 0.323. The quantitative estimate of drug-likeness (QED) is 0.357. The van der Waals surface area contributed by atoms with Crippen molar-refractivity contribution < 1.29 is 53.5 Å². The first-order chi connectivity index (χ1) is 19.9. The third-order valence-corrected chi connectivity index (χ3v) is 9.03. The molecule has 11 nitrogen and oxygen atoms in total. The number of allylic oxidation sites excluding steroid dienone is 3. The number of fused-ring (bicyclic) bond motifs is 2. The summed E-state index contributed by atoms with van der Waals surface area (Å²) in [6.45, 7) is 1.68. The van der Waals surface area contributed by atoms with Crippen molar-refractivity contribution in [3.63, 3.8) is 0 Å². The number of carbonyl (C=O) groups excluding carboxylic acids is 5. The molecule has 1 saturated heterocycles. The Hall–Kier alpha value is -4.93. The largest absolute Gasteiger partial charge is 0.507 e. The van der Waals surface area contributed by atoms with Gasteiger partial charge >= 0.3 is 11.9 Å². The summed E-state index contributed by atoms with van der Waals surface area (Å²) in [7, 11) is 1.11. The second-order valence-corrected chi connectivity index (χ2v) is 11.4. The van der Waals surface area contributed by atoms with Crippen LogP contribution in [-0.2, 0) is 30.3 Å². The first-order valence-corrected chi connectivity index (χ1v) is 13.4. The molecule has 42 heavy (non-hydrogen) atoms. The van der Waals surface area contributed by atoms with Crippen molar-refractivity contribution in [3.8, 4) is 17.2 Å². The highest BCUT2D eigenvalue weighted by atomic mass is 16.6. The van der Waals surface area contributed by atoms with Crippen molar-refractivity contribution in [1.29, 1.82) is 0 Å². The molecule has 11 heteroatoms. The molecule has 0 radical (unpaired) electrons. The fourth-order valence-electron chi connectivity index (χ4n) is 7.21. The number of cyclic esters (lactones) is 1. The summed E-state index contributed by atoms with van der Waals surface area (Å²) in [5.41, 5.74) is -3.32. The van der Waals surface area contributed by atoms with E-state index in [0.29, 0.717) is 5.56 Å². The van der Waals surface area contributed by atoms with E-state index in [9.17, 15) is 39.3 Å². The number of aliphatic hydroxyl groups excluding tert-OH is 1. The lowest BCUT2D eigenvalue weighted by atomic mass is 9.62. The van der Waals surface area contributed by atoms with E-state index >= 15 is 0 Å². The van der Waals surface area contributed by atoms with Crippen LogP contribution in [0.4, 0.5) is 0 Å². The van der Waals surface area contributed by atoms with Crippen LogP contribution in [0.3, 0.4) is 0 Å². The summed E-state index contributed by atoms with van der Waals surface area (Å²) in [5, 5.41) is 33.5. The van der Waals surface area contributed by atoms with Crippen molar-refractivity contribution in [2.45, 2.75) is 50.2 Å². The van der Waals surface area contributed by atoms with Gasteiger partial charge in [0.25, 0.3) is 0 Å². The molecule has 0 unspecified atom stereocenters. The van der Waals surface area contributed by atoms with Gasteiger partial charge in [-0.2, -0.15) is 0 Å². The summed E-state index contributed by atoms with van der Waals surface area (Å²) < 4.78 is 16.4. The van der Waals surface area contributed by atoms with Gasteiger partial charge in [0, 0.05) is 17.5 Å². The summed E-state index contributed by atoms with van der Waals surface area (Å²) in [6, 6.07) is 4.30. The molecule has 214 valence electrons. The van der Waals surface area contributed by atoms with Crippen LogP contribution in [0.2, 0.25) is 0 Å². The highest BCUT2D eigenvalue weighted by Crippen LogP contribution is 2.58. The van der Waals surface area contributed by atoms with Gasteiger partial charge < -0.3 is 29.5 Å². The molecular formula is C31H24O11. The number of rotatable bonds is 2. The third-order valence-electron chi connectivity index (χ3n) is 9.03. The first-order valence-electron chi connectivity index (χ1n) is 13.4. The van der Waals surface area contributed by atoms with Gasteiger partial charge in [0.2, 0.25) is 5.60 Å². The molecule has 2 bridgehead atoms. The SMILES string of the molecule is COC(=O)[C@]1([C@@H]2CCC(=O)O2)CC(=O)c2c(cc3c(c2O)[C@H]2C=C[C@@]4(C3)C(=O)c3cc(C)cc(O)c3C(O)=C4C2=O)O1. The molecule has 3 N–H and O–H groups in total.